The molecule has 0 aliphatic rings. The van der Waals surface area contributed by atoms with Crippen LogP contribution in [0, 0.1) is 10.1 Å². The number of rotatable bonds is 9. The largest absolute Gasteiger partial charge is 0.493 e. The molecule has 0 bridgehead atoms. The highest BCUT2D eigenvalue weighted by Gasteiger charge is 2.23. The monoisotopic (exact) mass is 395 g/mol. The first-order valence-corrected chi connectivity index (χ1v) is 8.88. The summed E-state index contributed by atoms with van der Waals surface area (Å²) in [5.74, 6) is 1.56. The second-order valence-electron chi connectivity index (χ2n) is 6.03. The van der Waals surface area contributed by atoms with Gasteiger partial charge in [-0.1, -0.05) is 24.3 Å². The number of hydrogen-bond acceptors (Lipinski definition) is 8. The van der Waals surface area contributed by atoms with E-state index in [0.29, 0.717) is 30.2 Å². The normalized spacial score (nSPS) is 10.3. The van der Waals surface area contributed by atoms with Crippen LogP contribution in [0.1, 0.15) is 5.56 Å². The molecule has 0 aliphatic carbocycles. The van der Waals surface area contributed by atoms with E-state index in [1.54, 1.807) is 26.4 Å². The lowest BCUT2D eigenvalue weighted by Crippen LogP contribution is -2.11. The van der Waals surface area contributed by atoms with Gasteiger partial charge in [0, 0.05) is 12.2 Å². The molecular weight excluding hydrogens is 374 g/mol. The van der Waals surface area contributed by atoms with Gasteiger partial charge in [0.05, 0.1) is 19.1 Å². The Morgan fingerprint density at radius 3 is 2.41 bits per heavy atom. The molecule has 2 N–H and O–H groups in total. The van der Waals surface area contributed by atoms with E-state index in [0.717, 1.165) is 5.56 Å². The first-order chi connectivity index (χ1) is 14.1. The molecule has 0 aliphatic heterocycles. The Bertz CT molecular complexity index is 982. The van der Waals surface area contributed by atoms with Crippen LogP contribution < -0.4 is 20.1 Å². The Kier molecular flexibility index (Phi) is 6.41. The number of benzene rings is 2. The Balaban J connectivity index is 1.74. The van der Waals surface area contributed by atoms with Crippen LogP contribution in [0.5, 0.6) is 11.5 Å². The molecule has 9 nitrogen and oxygen atoms in total. The lowest BCUT2D eigenvalue weighted by molar-refractivity contribution is -0.383. The smallest absolute Gasteiger partial charge is 0.353 e. The summed E-state index contributed by atoms with van der Waals surface area (Å²) < 4.78 is 10.5. The molecule has 0 unspecified atom stereocenters. The van der Waals surface area contributed by atoms with Crippen molar-refractivity contribution in [3.63, 3.8) is 0 Å². The lowest BCUT2D eigenvalue weighted by atomic mass is 10.1. The van der Waals surface area contributed by atoms with Crippen LogP contribution in [-0.2, 0) is 6.42 Å². The Labute approximate surface area is 167 Å². The van der Waals surface area contributed by atoms with E-state index < -0.39 is 4.92 Å². The van der Waals surface area contributed by atoms with Crippen LogP contribution in [0.3, 0.4) is 0 Å². The van der Waals surface area contributed by atoms with E-state index >= 15 is 0 Å². The Morgan fingerprint density at radius 2 is 1.72 bits per heavy atom. The highest BCUT2D eigenvalue weighted by atomic mass is 16.6. The summed E-state index contributed by atoms with van der Waals surface area (Å²) in [4.78, 5) is 19.2. The highest BCUT2D eigenvalue weighted by molar-refractivity contribution is 5.73. The van der Waals surface area contributed by atoms with Crippen molar-refractivity contribution >= 4 is 23.0 Å². The molecule has 0 saturated heterocycles. The quantitative estimate of drug-likeness (QED) is 0.416. The minimum Gasteiger partial charge on any atom is -0.493 e. The molecular formula is C20H21N5O4. The fraction of sp³-hybridized carbons (Fsp3) is 0.200. The first-order valence-electron chi connectivity index (χ1n) is 8.88. The van der Waals surface area contributed by atoms with Crippen molar-refractivity contribution in [2.24, 2.45) is 0 Å². The lowest BCUT2D eigenvalue weighted by Gasteiger charge is -2.11. The number of nitrogens with zero attached hydrogens (tertiary/aromatic N) is 3. The molecule has 29 heavy (non-hydrogen) atoms. The number of anilines is 3. The number of nitrogens with one attached hydrogen (secondary N) is 2. The van der Waals surface area contributed by atoms with Gasteiger partial charge in [-0.25, -0.2) is 9.97 Å². The SMILES string of the molecule is COc1ccc(CCNc2ncnc(Nc3ccccc3)c2[N+](=O)[O-])cc1OC. The van der Waals surface area contributed by atoms with Crippen LogP contribution in [0.2, 0.25) is 0 Å². The Morgan fingerprint density at radius 1 is 1.00 bits per heavy atom. The minimum atomic E-state index is -0.496. The van der Waals surface area contributed by atoms with E-state index in [4.69, 9.17) is 9.47 Å². The maximum absolute atomic E-state index is 11.6. The fourth-order valence-electron chi connectivity index (χ4n) is 2.79. The zero-order chi connectivity index (χ0) is 20.6. The predicted molar refractivity (Wildman–Crippen MR) is 110 cm³/mol. The molecule has 0 radical (unpaired) electrons. The summed E-state index contributed by atoms with van der Waals surface area (Å²) in [5, 5.41) is 17.6. The van der Waals surface area contributed by atoms with Gasteiger partial charge < -0.3 is 20.1 Å². The number of ether oxygens (including phenoxy) is 2. The minimum absolute atomic E-state index is 0.129. The van der Waals surface area contributed by atoms with Crippen LogP contribution in [0.25, 0.3) is 0 Å². The third-order valence-corrected chi connectivity index (χ3v) is 4.20. The molecule has 3 rings (SSSR count). The molecule has 9 heteroatoms. The molecule has 2 aromatic carbocycles. The molecule has 0 saturated carbocycles. The van der Waals surface area contributed by atoms with Crippen molar-refractivity contribution in [2.45, 2.75) is 6.42 Å². The van der Waals surface area contributed by atoms with Gasteiger partial charge in [-0.15, -0.1) is 0 Å². The number of nitro groups is 1. The summed E-state index contributed by atoms with van der Waals surface area (Å²) in [7, 11) is 3.15. The van der Waals surface area contributed by atoms with Crippen LogP contribution in [-0.4, -0.2) is 35.7 Å². The average Bonchev–Trinajstić information content (AvgIpc) is 2.74. The van der Waals surface area contributed by atoms with Crippen molar-refractivity contribution in [1.29, 1.82) is 0 Å². The van der Waals surface area contributed by atoms with E-state index in [1.165, 1.54) is 6.33 Å². The summed E-state index contributed by atoms with van der Waals surface area (Å²) >= 11 is 0. The number of aromatic nitrogens is 2. The van der Waals surface area contributed by atoms with Crippen molar-refractivity contribution in [2.75, 3.05) is 31.4 Å². The van der Waals surface area contributed by atoms with Crippen LogP contribution >= 0.6 is 0 Å². The molecule has 1 heterocycles. The van der Waals surface area contributed by atoms with Gasteiger partial charge in [-0.3, -0.25) is 10.1 Å². The van der Waals surface area contributed by atoms with E-state index in [2.05, 4.69) is 20.6 Å². The summed E-state index contributed by atoms with van der Waals surface area (Å²) in [6, 6.07) is 14.7. The third kappa shape index (κ3) is 4.89. The molecule has 150 valence electrons. The van der Waals surface area contributed by atoms with Crippen LogP contribution in [0.4, 0.5) is 23.0 Å². The molecule has 0 fully saturated rings. The maximum atomic E-state index is 11.6. The van der Waals surface area contributed by atoms with Gasteiger partial charge in [0.1, 0.15) is 6.33 Å². The summed E-state index contributed by atoms with van der Waals surface area (Å²) in [5.41, 5.74) is 1.49. The van der Waals surface area contributed by atoms with Gasteiger partial charge in [0.15, 0.2) is 11.5 Å². The number of methoxy groups -OCH3 is 2. The third-order valence-electron chi connectivity index (χ3n) is 4.20. The van der Waals surface area contributed by atoms with Crippen molar-refractivity contribution in [3.05, 3.63) is 70.5 Å². The first kappa shape index (κ1) is 19.9. The molecule has 1 aromatic heterocycles. The number of para-hydroxylation sites is 1. The van der Waals surface area contributed by atoms with Crippen LogP contribution in [0.15, 0.2) is 54.9 Å². The molecule has 0 spiro atoms. The van der Waals surface area contributed by atoms with Gasteiger partial charge in [-0.2, -0.15) is 0 Å². The maximum Gasteiger partial charge on any atom is 0.353 e. The highest BCUT2D eigenvalue weighted by Crippen LogP contribution is 2.31. The van der Waals surface area contributed by atoms with Gasteiger partial charge in [0.2, 0.25) is 11.6 Å². The van der Waals surface area contributed by atoms with E-state index in [-0.39, 0.29) is 17.3 Å². The standard InChI is InChI=1S/C20H21N5O4/c1-28-16-9-8-14(12-17(16)29-2)10-11-21-19-18(25(26)27)20(23-13-22-19)24-15-6-4-3-5-7-15/h3-9,12-13H,10-11H2,1-2H3,(H2,21,22,23,24). The molecule has 0 atom stereocenters. The van der Waals surface area contributed by atoms with Gasteiger partial charge >= 0.3 is 5.69 Å². The fourth-order valence-corrected chi connectivity index (χ4v) is 2.79. The molecule has 0 amide bonds. The second-order valence-corrected chi connectivity index (χ2v) is 6.03. The van der Waals surface area contributed by atoms with Crippen molar-refractivity contribution in [3.8, 4) is 11.5 Å². The van der Waals surface area contributed by atoms with E-state index in [9.17, 15) is 10.1 Å². The van der Waals surface area contributed by atoms with E-state index in [1.807, 2.05) is 36.4 Å². The zero-order valence-electron chi connectivity index (χ0n) is 16.1. The molecule has 3 aromatic rings. The summed E-state index contributed by atoms with van der Waals surface area (Å²) in [6.07, 6.45) is 1.90. The Hall–Kier alpha value is -3.88. The van der Waals surface area contributed by atoms with Crippen molar-refractivity contribution < 1.29 is 14.4 Å². The summed E-state index contributed by atoms with van der Waals surface area (Å²) in [6.45, 7) is 0.443. The zero-order valence-corrected chi connectivity index (χ0v) is 16.1. The van der Waals surface area contributed by atoms with Crippen molar-refractivity contribution in [1.82, 2.24) is 9.97 Å². The number of hydrogen-bond donors (Lipinski definition) is 2. The van der Waals surface area contributed by atoms with Gasteiger partial charge in [-0.05, 0) is 36.2 Å². The van der Waals surface area contributed by atoms with Gasteiger partial charge in [0.25, 0.3) is 0 Å². The average molecular weight is 395 g/mol. The second kappa shape index (κ2) is 9.36. The predicted octanol–water partition coefficient (Wildman–Crippen LogP) is 3.80. The topological polar surface area (TPSA) is 111 Å².